The van der Waals surface area contributed by atoms with Crippen molar-refractivity contribution >= 4 is 35.2 Å². The van der Waals surface area contributed by atoms with Crippen LogP contribution in [-0.4, -0.2) is 23.4 Å². The van der Waals surface area contributed by atoms with Gasteiger partial charge in [-0.1, -0.05) is 37.6 Å². The third-order valence-corrected chi connectivity index (χ3v) is 4.07. The van der Waals surface area contributed by atoms with Gasteiger partial charge < -0.3 is 9.47 Å². The highest BCUT2D eigenvalue weighted by Crippen LogP contribution is 2.27. The second kappa shape index (κ2) is 8.22. The number of aliphatic imine (C=N–C) groups is 1. The summed E-state index contributed by atoms with van der Waals surface area (Å²) < 4.78 is 10.9. The topological polar surface area (TPSA) is 91.0 Å². The van der Waals surface area contributed by atoms with Gasteiger partial charge in [-0.15, -0.1) is 0 Å². The van der Waals surface area contributed by atoms with Crippen LogP contribution in [0.4, 0.5) is 5.69 Å². The van der Waals surface area contributed by atoms with E-state index >= 15 is 0 Å². The molecule has 0 spiro atoms. The van der Waals surface area contributed by atoms with Crippen molar-refractivity contribution in [1.82, 2.24) is 0 Å². The average Bonchev–Trinajstić information content (AvgIpc) is 3.00. The Morgan fingerprint density at radius 1 is 1.29 bits per heavy atom. The van der Waals surface area contributed by atoms with E-state index in [0.29, 0.717) is 23.8 Å². The number of hydrogen-bond donors (Lipinski definition) is 0. The number of nitrogens with zero attached hydrogens (tertiary/aromatic N) is 2. The molecule has 1 aliphatic heterocycles. The number of benzene rings is 2. The number of ether oxygens (including phenoxy) is 2. The van der Waals surface area contributed by atoms with Crippen LogP contribution in [0.2, 0.25) is 5.02 Å². The van der Waals surface area contributed by atoms with Crippen molar-refractivity contribution in [3.8, 4) is 5.75 Å². The molecule has 1 heterocycles. The molecular weight excluding hydrogens is 384 g/mol. The maximum atomic E-state index is 12.2. The fraction of sp³-hybridized carbons (Fsp3) is 0.200. The summed E-state index contributed by atoms with van der Waals surface area (Å²) in [5.41, 5.74) is 0.976. The van der Waals surface area contributed by atoms with Crippen molar-refractivity contribution in [2.75, 3.05) is 6.61 Å². The Bertz CT molecular complexity index is 998. The van der Waals surface area contributed by atoms with E-state index in [4.69, 9.17) is 21.1 Å². The molecule has 0 atom stereocenters. The highest BCUT2D eigenvalue weighted by molar-refractivity contribution is 6.34. The predicted molar refractivity (Wildman–Crippen MR) is 105 cm³/mol. The third-order valence-electron chi connectivity index (χ3n) is 3.76. The van der Waals surface area contributed by atoms with Gasteiger partial charge in [0.15, 0.2) is 5.70 Å². The molecule has 144 valence electrons. The number of esters is 1. The quantitative estimate of drug-likeness (QED) is 0.305. The summed E-state index contributed by atoms with van der Waals surface area (Å²) >= 11 is 6.08. The van der Waals surface area contributed by atoms with Crippen molar-refractivity contribution < 1.29 is 19.2 Å². The van der Waals surface area contributed by atoms with Crippen LogP contribution in [0.5, 0.6) is 5.75 Å². The summed E-state index contributed by atoms with van der Waals surface area (Å²) in [4.78, 5) is 26.6. The summed E-state index contributed by atoms with van der Waals surface area (Å²) in [6.45, 7) is 4.70. The molecule has 2 aromatic rings. The fourth-order valence-corrected chi connectivity index (χ4v) is 2.69. The number of nitro groups is 1. The smallest absolute Gasteiger partial charge is 0.363 e. The van der Waals surface area contributed by atoms with Crippen LogP contribution in [0.1, 0.15) is 25.0 Å². The zero-order chi connectivity index (χ0) is 20.3. The lowest BCUT2D eigenvalue weighted by molar-refractivity contribution is -0.384. The van der Waals surface area contributed by atoms with Crippen LogP contribution in [0, 0.1) is 16.0 Å². The second-order valence-corrected chi connectivity index (χ2v) is 6.94. The van der Waals surface area contributed by atoms with Crippen molar-refractivity contribution in [3.05, 3.63) is 74.4 Å². The normalized spacial score (nSPS) is 14.9. The van der Waals surface area contributed by atoms with Crippen molar-refractivity contribution in [1.29, 1.82) is 0 Å². The number of halogens is 1. The number of carbonyl (C=O) groups excluding carboxylic acids is 1. The molecule has 0 bridgehead atoms. The SMILES string of the molecule is CC(C)COc1cccc(/C=C2\N=C(c3ccc([N+](=O)[O-])cc3Cl)OC2=O)c1. The number of hydrogen-bond acceptors (Lipinski definition) is 6. The maximum absolute atomic E-state index is 12.2. The van der Waals surface area contributed by atoms with Crippen LogP contribution in [0.25, 0.3) is 6.08 Å². The van der Waals surface area contributed by atoms with E-state index in [1.807, 2.05) is 18.2 Å². The van der Waals surface area contributed by atoms with Gasteiger partial charge in [0.2, 0.25) is 5.90 Å². The van der Waals surface area contributed by atoms with Crippen molar-refractivity contribution in [3.63, 3.8) is 0 Å². The highest BCUT2D eigenvalue weighted by atomic mass is 35.5. The van der Waals surface area contributed by atoms with E-state index in [2.05, 4.69) is 18.8 Å². The number of nitro benzene ring substituents is 1. The van der Waals surface area contributed by atoms with Gasteiger partial charge >= 0.3 is 5.97 Å². The molecule has 0 unspecified atom stereocenters. The van der Waals surface area contributed by atoms with Crippen LogP contribution in [0.15, 0.2) is 53.2 Å². The summed E-state index contributed by atoms with van der Waals surface area (Å²) in [5.74, 6) is 0.462. The van der Waals surface area contributed by atoms with Crippen molar-refractivity contribution in [2.24, 2.45) is 10.9 Å². The van der Waals surface area contributed by atoms with Crippen LogP contribution < -0.4 is 4.74 Å². The number of cyclic esters (lactones) is 1. The molecule has 0 aromatic heterocycles. The zero-order valence-electron chi connectivity index (χ0n) is 15.2. The standard InChI is InChI=1S/C20H17ClN2O5/c1-12(2)11-27-15-5-3-4-13(8-15)9-18-20(24)28-19(22-18)16-7-6-14(23(25)26)10-17(16)21/h3-10,12H,11H2,1-2H3/b18-9-. The molecule has 0 fully saturated rings. The molecule has 1 aliphatic rings. The van der Waals surface area contributed by atoms with E-state index in [0.717, 1.165) is 5.56 Å². The zero-order valence-corrected chi connectivity index (χ0v) is 16.0. The lowest BCUT2D eigenvalue weighted by Crippen LogP contribution is -2.06. The van der Waals surface area contributed by atoms with Gasteiger partial charge in [0.1, 0.15) is 5.75 Å². The molecule has 0 saturated carbocycles. The van der Waals surface area contributed by atoms with E-state index in [-0.39, 0.29) is 22.3 Å². The van der Waals surface area contributed by atoms with Gasteiger partial charge in [-0.3, -0.25) is 10.1 Å². The summed E-state index contributed by atoms with van der Waals surface area (Å²) in [7, 11) is 0. The molecule has 8 heteroatoms. The Morgan fingerprint density at radius 3 is 2.75 bits per heavy atom. The molecule has 0 radical (unpaired) electrons. The molecule has 2 aromatic carbocycles. The molecule has 0 N–H and O–H groups in total. The first kappa shape index (κ1) is 19.6. The second-order valence-electron chi connectivity index (χ2n) is 6.53. The van der Waals surface area contributed by atoms with E-state index in [9.17, 15) is 14.9 Å². The van der Waals surface area contributed by atoms with Crippen molar-refractivity contribution in [2.45, 2.75) is 13.8 Å². The van der Waals surface area contributed by atoms with Crippen LogP contribution in [-0.2, 0) is 9.53 Å². The molecule has 3 rings (SSSR count). The Hall–Kier alpha value is -3.19. The number of non-ortho nitro benzene ring substituents is 1. The highest BCUT2D eigenvalue weighted by Gasteiger charge is 2.26. The molecule has 0 amide bonds. The summed E-state index contributed by atoms with van der Waals surface area (Å²) in [5, 5.41) is 10.9. The fourth-order valence-electron chi connectivity index (χ4n) is 2.43. The largest absolute Gasteiger partial charge is 0.493 e. The molecular formula is C20H17ClN2O5. The maximum Gasteiger partial charge on any atom is 0.363 e. The molecule has 28 heavy (non-hydrogen) atoms. The molecule has 0 aliphatic carbocycles. The first-order chi connectivity index (χ1) is 13.3. The predicted octanol–water partition coefficient (Wildman–Crippen LogP) is 4.63. The van der Waals surface area contributed by atoms with Gasteiger partial charge in [0.25, 0.3) is 5.69 Å². The summed E-state index contributed by atoms with van der Waals surface area (Å²) in [6.07, 6.45) is 1.58. The van der Waals surface area contributed by atoms with E-state index in [1.165, 1.54) is 18.2 Å². The minimum absolute atomic E-state index is 0.00311. The monoisotopic (exact) mass is 400 g/mol. The third kappa shape index (κ3) is 4.55. The summed E-state index contributed by atoms with van der Waals surface area (Å²) in [6, 6.07) is 11.1. The molecule has 0 saturated heterocycles. The van der Waals surface area contributed by atoms with Gasteiger partial charge in [0.05, 0.1) is 22.1 Å². The molecule has 7 nitrogen and oxygen atoms in total. The number of carbonyl (C=O) groups is 1. The van der Waals surface area contributed by atoms with Gasteiger partial charge in [-0.2, -0.15) is 0 Å². The Balaban J connectivity index is 1.86. The van der Waals surface area contributed by atoms with E-state index < -0.39 is 10.9 Å². The first-order valence-corrected chi connectivity index (χ1v) is 8.91. The Labute approximate surface area is 166 Å². The lowest BCUT2D eigenvalue weighted by atomic mass is 10.2. The number of rotatable bonds is 6. The van der Waals surface area contributed by atoms with E-state index in [1.54, 1.807) is 12.1 Å². The Kier molecular flexibility index (Phi) is 5.75. The lowest BCUT2D eigenvalue weighted by Gasteiger charge is -2.08. The van der Waals surface area contributed by atoms with Crippen LogP contribution in [0.3, 0.4) is 0 Å². The first-order valence-electron chi connectivity index (χ1n) is 8.53. The minimum Gasteiger partial charge on any atom is -0.493 e. The van der Waals surface area contributed by atoms with Gasteiger partial charge in [-0.05, 0) is 35.8 Å². The Morgan fingerprint density at radius 2 is 2.07 bits per heavy atom. The minimum atomic E-state index is -0.627. The average molecular weight is 401 g/mol. The van der Waals surface area contributed by atoms with Crippen LogP contribution >= 0.6 is 11.6 Å². The van der Waals surface area contributed by atoms with Gasteiger partial charge in [0, 0.05) is 12.1 Å². The van der Waals surface area contributed by atoms with Gasteiger partial charge in [-0.25, -0.2) is 9.79 Å².